The smallest absolute Gasteiger partial charge is 0.303 e. The molecule has 18 heavy (non-hydrogen) atoms. The van der Waals surface area contributed by atoms with Crippen LogP contribution in [-0.4, -0.2) is 29.1 Å². The van der Waals surface area contributed by atoms with Gasteiger partial charge in [0.15, 0.2) is 0 Å². The van der Waals surface area contributed by atoms with E-state index >= 15 is 0 Å². The summed E-state index contributed by atoms with van der Waals surface area (Å²) in [5.41, 5.74) is 5.67. The molecule has 0 aromatic rings. The number of hydrogen-bond acceptors (Lipinski definition) is 3. The number of carboxylic acids is 1. The molecule has 0 heterocycles. The fourth-order valence-corrected chi connectivity index (χ4v) is 2.35. The number of carboxylic acid groups (broad SMARTS) is 1. The minimum atomic E-state index is -0.915. The first-order chi connectivity index (χ1) is 8.49. The maximum Gasteiger partial charge on any atom is 0.303 e. The first-order valence-electron chi connectivity index (χ1n) is 6.76. The number of rotatable bonds is 5. The number of nitrogens with two attached hydrogens (primary N) is 1. The van der Waals surface area contributed by atoms with E-state index in [0.29, 0.717) is 0 Å². The molecule has 5 nitrogen and oxygen atoms in total. The summed E-state index contributed by atoms with van der Waals surface area (Å²) in [5, 5.41) is 11.5. The van der Waals surface area contributed by atoms with Crippen molar-refractivity contribution in [2.75, 3.05) is 0 Å². The summed E-state index contributed by atoms with van der Waals surface area (Å²) in [4.78, 5) is 22.2. The molecule has 1 aliphatic rings. The molecule has 1 saturated carbocycles. The Hall–Kier alpha value is -1.10. The predicted molar refractivity (Wildman–Crippen MR) is 69.0 cm³/mol. The quantitative estimate of drug-likeness (QED) is 0.646. The maximum absolute atomic E-state index is 11.8. The van der Waals surface area contributed by atoms with Crippen LogP contribution in [0.25, 0.3) is 0 Å². The highest BCUT2D eigenvalue weighted by molar-refractivity contribution is 5.82. The summed E-state index contributed by atoms with van der Waals surface area (Å²) in [6.45, 7) is 2.24. The average molecular weight is 256 g/mol. The van der Waals surface area contributed by atoms with Gasteiger partial charge in [-0.15, -0.1) is 0 Å². The van der Waals surface area contributed by atoms with Gasteiger partial charge in [-0.05, 0) is 31.6 Å². The van der Waals surface area contributed by atoms with Crippen molar-refractivity contribution in [3.8, 4) is 0 Å². The van der Waals surface area contributed by atoms with Gasteiger partial charge in [-0.1, -0.05) is 19.8 Å². The molecule has 0 radical (unpaired) electrons. The molecule has 3 unspecified atom stereocenters. The van der Waals surface area contributed by atoms with Gasteiger partial charge in [0, 0.05) is 12.5 Å². The zero-order valence-electron chi connectivity index (χ0n) is 11.0. The van der Waals surface area contributed by atoms with Crippen LogP contribution in [0.15, 0.2) is 0 Å². The van der Waals surface area contributed by atoms with Gasteiger partial charge in [-0.3, -0.25) is 9.59 Å². The molecule has 4 N–H and O–H groups in total. The van der Waals surface area contributed by atoms with E-state index in [-0.39, 0.29) is 24.8 Å². The van der Waals surface area contributed by atoms with Crippen LogP contribution in [0.4, 0.5) is 0 Å². The van der Waals surface area contributed by atoms with Crippen molar-refractivity contribution in [3.05, 3.63) is 0 Å². The Labute approximate surface area is 108 Å². The van der Waals surface area contributed by atoms with Gasteiger partial charge in [-0.2, -0.15) is 0 Å². The number of hydrogen-bond donors (Lipinski definition) is 3. The van der Waals surface area contributed by atoms with Crippen molar-refractivity contribution in [2.24, 2.45) is 11.7 Å². The Morgan fingerprint density at radius 2 is 2.06 bits per heavy atom. The lowest BCUT2D eigenvalue weighted by molar-refractivity contribution is -0.137. The van der Waals surface area contributed by atoms with Gasteiger partial charge in [0.2, 0.25) is 5.91 Å². The van der Waals surface area contributed by atoms with E-state index in [0.717, 1.165) is 31.6 Å². The molecule has 0 saturated heterocycles. The molecule has 0 aliphatic heterocycles. The molecule has 5 heteroatoms. The largest absolute Gasteiger partial charge is 0.481 e. The second kappa shape index (κ2) is 7.36. The summed E-state index contributed by atoms with van der Waals surface area (Å²) >= 11 is 0. The molecule has 1 rings (SSSR count). The van der Waals surface area contributed by atoms with E-state index in [9.17, 15) is 9.59 Å². The highest BCUT2D eigenvalue weighted by Gasteiger charge is 2.21. The van der Waals surface area contributed by atoms with Crippen LogP contribution >= 0.6 is 0 Å². The fraction of sp³-hybridized carbons (Fsp3) is 0.846. The first kappa shape index (κ1) is 15.0. The van der Waals surface area contributed by atoms with E-state index in [4.69, 9.17) is 10.8 Å². The molecule has 1 amide bonds. The normalized spacial score (nSPS) is 26.1. The van der Waals surface area contributed by atoms with Crippen molar-refractivity contribution >= 4 is 11.9 Å². The third kappa shape index (κ3) is 5.49. The molecule has 104 valence electrons. The van der Waals surface area contributed by atoms with Crippen LogP contribution in [0.1, 0.15) is 51.9 Å². The van der Waals surface area contributed by atoms with Crippen molar-refractivity contribution in [1.29, 1.82) is 0 Å². The molecular formula is C13H24N2O3. The van der Waals surface area contributed by atoms with Crippen molar-refractivity contribution < 1.29 is 14.7 Å². The zero-order valence-corrected chi connectivity index (χ0v) is 11.0. The Balaban J connectivity index is 2.31. The second-order valence-electron chi connectivity index (χ2n) is 5.36. The van der Waals surface area contributed by atoms with E-state index in [1.165, 1.54) is 6.42 Å². The minimum Gasteiger partial charge on any atom is -0.481 e. The van der Waals surface area contributed by atoms with Crippen molar-refractivity contribution in [2.45, 2.75) is 64.0 Å². The van der Waals surface area contributed by atoms with Gasteiger partial charge < -0.3 is 16.2 Å². The van der Waals surface area contributed by atoms with E-state index in [1.54, 1.807) is 0 Å². The average Bonchev–Trinajstić information content (AvgIpc) is 2.51. The topological polar surface area (TPSA) is 92.4 Å². The molecule has 0 aromatic heterocycles. The van der Waals surface area contributed by atoms with Crippen molar-refractivity contribution in [1.82, 2.24) is 5.32 Å². The molecule has 0 aromatic carbocycles. The van der Waals surface area contributed by atoms with Gasteiger partial charge in [0.1, 0.15) is 0 Å². The van der Waals surface area contributed by atoms with Crippen LogP contribution in [-0.2, 0) is 9.59 Å². The third-order valence-corrected chi connectivity index (χ3v) is 3.61. The highest BCUT2D eigenvalue weighted by Crippen LogP contribution is 2.22. The maximum atomic E-state index is 11.8. The zero-order chi connectivity index (χ0) is 13.5. The number of nitrogens with one attached hydrogen (secondary N) is 1. The Kier molecular flexibility index (Phi) is 6.12. The monoisotopic (exact) mass is 256 g/mol. The number of carbonyl (C=O) groups is 2. The summed E-state index contributed by atoms with van der Waals surface area (Å²) in [6, 6.07) is -0.500. The van der Waals surface area contributed by atoms with E-state index in [2.05, 4.69) is 12.2 Å². The molecule has 0 bridgehead atoms. The van der Waals surface area contributed by atoms with E-state index in [1.807, 2.05) is 0 Å². The van der Waals surface area contributed by atoms with Crippen molar-refractivity contribution in [3.63, 3.8) is 0 Å². The van der Waals surface area contributed by atoms with Gasteiger partial charge in [0.05, 0.1) is 6.04 Å². The second-order valence-corrected chi connectivity index (χ2v) is 5.36. The SMILES string of the molecule is CC1CCCC(NC(=O)C(N)CCC(=O)O)CC1. The Morgan fingerprint density at radius 1 is 1.33 bits per heavy atom. The highest BCUT2D eigenvalue weighted by atomic mass is 16.4. The third-order valence-electron chi connectivity index (χ3n) is 3.61. The Bertz CT molecular complexity index is 294. The summed E-state index contributed by atoms with van der Waals surface area (Å²) < 4.78 is 0. The number of aliphatic carboxylic acids is 1. The van der Waals surface area contributed by atoms with Crippen LogP contribution in [0.3, 0.4) is 0 Å². The lowest BCUT2D eigenvalue weighted by Gasteiger charge is -2.19. The molecule has 3 atom stereocenters. The van der Waals surface area contributed by atoms with Crippen LogP contribution in [0.2, 0.25) is 0 Å². The lowest BCUT2D eigenvalue weighted by atomic mass is 10.0. The standard InChI is InChI=1S/C13H24N2O3/c1-9-3-2-4-10(6-5-9)15-13(18)11(14)7-8-12(16)17/h9-11H,2-8,14H2,1H3,(H,15,18)(H,16,17). The molecule has 1 aliphatic carbocycles. The van der Waals surface area contributed by atoms with Crippen LogP contribution in [0.5, 0.6) is 0 Å². The number of carbonyl (C=O) groups excluding carboxylic acids is 1. The minimum absolute atomic E-state index is 0.0592. The van der Waals surface area contributed by atoms with Gasteiger partial charge in [-0.25, -0.2) is 0 Å². The molecule has 0 spiro atoms. The summed E-state index contributed by atoms with van der Waals surface area (Å²) in [7, 11) is 0. The predicted octanol–water partition coefficient (Wildman–Crippen LogP) is 1.26. The first-order valence-corrected chi connectivity index (χ1v) is 6.76. The van der Waals surface area contributed by atoms with Crippen LogP contribution < -0.4 is 11.1 Å². The van der Waals surface area contributed by atoms with Crippen LogP contribution in [0, 0.1) is 5.92 Å². The Morgan fingerprint density at radius 3 is 2.72 bits per heavy atom. The molecule has 1 fully saturated rings. The fourth-order valence-electron chi connectivity index (χ4n) is 2.35. The summed E-state index contributed by atoms with van der Waals surface area (Å²) in [6.07, 6.45) is 5.63. The summed E-state index contributed by atoms with van der Waals surface area (Å²) in [5.74, 6) is -0.398. The molecular weight excluding hydrogens is 232 g/mol. The number of amides is 1. The van der Waals surface area contributed by atoms with Gasteiger partial charge in [0.25, 0.3) is 0 Å². The lowest BCUT2D eigenvalue weighted by Crippen LogP contribution is -2.45. The van der Waals surface area contributed by atoms with E-state index < -0.39 is 12.0 Å². The van der Waals surface area contributed by atoms with Gasteiger partial charge >= 0.3 is 5.97 Å².